The Hall–Kier alpha value is 0.190. The number of rotatable bonds is 2. The van der Waals surface area contributed by atoms with Crippen LogP contribution in [0.2, 0.25) is 0 Å². The van der Waals surface area contributed by atoms with Gasteiger partial charge in [0, 0.05) is 26.7 Å². The van der Waals surface area contributed by atoms with E-state index in [-0.39, 0.29) is 5.54 Å². The van der Waals surface area contributed by atoms with Crippen LogP contribution in [0.25, 0.3) is 0 Å². The zero-order valence-corrected chi connectivity index (χ0v) is 14.7. The summed E-state index contributed by atoms with van der Waals surface area (Å²) in [5.41, 5.74) is 1.54. The summed E-state index contributed by atoms with van der Waals surface area (Å²) in [5.74, 6) is 0. The highest BCUT2D eigenvalue weighted by Gasteiger charge is 2.27. The molecular formula is C14H20BrIN2. The fraction of sp³-hybridized carbons (Fsp3) is 0.571. The van der Waals surface area contributed by atoms with Gasteiger partial charge in [-0.25, -0.2) is 0 Å². The predicted molar refractivity (Wildman–Crippen MR) is 90.4 cm³/mol. The number of halogens is 2. The minimum Gasteiger partial charge on any atom is -0.369 e. The van der Waals surface area contributed by atoms with Gasteiger partial charge in [-0.15, -0.1) is 0 Å². The van der Waals surface area contributed by atoms with Crippen LogP contribution in [0.5, 0.6) is 0 Å². The Bertz CT molecular complexity index is 424. The highest BCUT2D eigenvalue weighted by atomic mass is 127. The third kappa shape index (κ3) is 3.39. The lowest BCUT2D eigenvalue weighted by Gasteiger charge is -2.34. The monoisotopic (exact) mass is 422 g/mol. The molecule has 1 N–H and O–H groups in total. The van der Waals surface area contributed by atoms with Crippen LogP contribution in [0.4, 0.5) is 5.69 Å². The summed E-state index contributed by atoms with van der Waals surface area (Å²) in [6.45, 7) is 7.90. The molecule has 1 aromatic carbocycles. The van der Waals surface area contributed by atoms with E-state index in [9.17, 15) is 0 Å². The van der Waals surface area contributed by atoms with Crippen molar-refractivity contribution in [1.82, 2.24) is 5.32 Å². The predicted octanol–water partition coefficient (Wildman–Crippen LogP) is 4.02. The largest absolute Gasteiger partial charge is 0.369 e. The molecule has 1 saturated heterocycles. The lowest BCUT2D eigenvalue weighted by atomic mass is 9.98. The molecule has 1 fully saturated rings. The summed E-state index contributed by atoms with van der Waals surface area (Å²) in [7, 11) is 0. The Labute approximate surface area is 132 Å². The van der Waals surface area contributed by atoms with Crippen molar-refractivity contribution in [3.05, 3.63) is 26.2 Å². The van der Waals surface area contributed by atoms with Gasteiger partial charge >= 0.3 is 0 Å². The van der Waals surface area contributed by atoms with E-state index in [1.807, 2.05) is 0 Å². The molecule has 1 aliphatic rings. The van der Waals surface area contributed by atoms with Crippen LogP contribution in [0.3, 0.4) is 0 Å². The number of benzene rings is 1. The summed E-state index contributed by atoms with van der Waals surface area (Å²) < 4.78 is 2.48. The molecule has 100 valence electrons. The van der Waals surface area contributed by atoms with Crippen LogP contribution in [0.15, 0.2) is 22.7 Å². The summed E-state index contributed by atoms with van der Waals surface area (Å²) in [6, 6.07) is 6.60. The smallest absolute Gasteiger partial charge is 0.0512 e. The molecule has 0 amide bonds. The first kappa shape index (κ1) is 14.6. The molecule has 1 atom stereocenters. The molecule has 18 heavy (non-hydrogen) atoms. The van der Waals surface area contributed by atoms with Crippen LogP contribution in [0.1, 0.15) is 26.7 Å². The second kappa shape index (κ2) is 6.09. The molecule has 1 aromatic rings. The Balaban J connectivity index is 2.25. The van der Waals surface area contributed by atoms with Gasteiger partial charge in [-0.1, -0.05) is 6.92 Å². The van der Waals surface area contributed by atoms with Gasteiger partial charge in [0.05, 0.1) is 5.69 Å². The van der Waals surface area contributed by atoms with E-state index in [1.54, 1.807) is 0 Å². The molecule has 1 unspecified atom stereocenters. The summed E-state index contributed by atoms with van der Waals surface area (Å²) >= 11 is 6.05. The lowest BCUT2D eigenvalue weighted by Crippen LogP contribution is -2.48. The average molecular weight is 423 g/mol. The van der Waals surface area contributed by atoms with Crippen molar-refractivity contribution in [2.75, 3.05) is 24.5 Å². The summed E-state index contributed by atoms with van der Waals surface area (Å²) in [5, 5.41) is 3.68. The first-order chi connectivity index (χ1) is 8.54. The van der Waals surface area contributed by atoms with Gasteiger partial charge in [0.25, 0.3) is 0 Å². The molecule has 1 heterocycles. The zero-order valence-electron chi connectivity index (χ0n) is 11.0. The zero-order chi connectivity index (χ0) is 13.2. The van der Waals surface area contributed by atoms with E-state index in [0.29, 0.717) is 0 Å². The van der Waals surface area contributed by atoms with Crippen molar-refractivity contribution >= 4 is 44.2 Å². The maximum absolute atomic E-state index is 3.70. The minimum atomic E-state index is 0.221. The van der Waals surface area contributed by atoms with Gasteiger partial charge in [-0.3, -0.25) is 0 Å². The van der Waals surface area contributed by atoms with Gasteiger partial charge in [0.15, 0.2) is 0 Å². The van der Waals surface area contributed by atoms with Gasteiger partial charge in [0.1, 0.15) is 0 Å². The van der Waals surface area contributed by atoms with Crippen LogP contribution in [0, 0.1) is 3.57 Å². The molecule has 2 rings (SSSR count). The van der Waals surface area contributed by atoms with Crippen molar-refractivity contribution in [3.8, 4) is 0 Å². The third-order valence-corrected chi connectivity index (χ3v) is 5.03. The van der Waals surface area contributed by atoms with E-state index < -0.39 is 0 Å². The molecule has 0 saturated carbocycles. The minimum absolute atomic E-state index is 0.221. The van der Waals surface area contributed by atoms with Crippen LogP contribution in [-0.4, -0.2) is 25.2 Å². The normalized spacial score (nSPS) is 25.0. The van der Waals surface area contributed by atoms with E-state index >= 15 is 0 Å². The van der Waals surface area contributed by atoms with Crippen molar-refractivity contribution in [3.63, 3.8) is 0 Å². The van der Waals surface area contributed by atoms with Crippen LogP contribution >= 0.6 is 38.5 Å². The Morgan fingerprint density at radius 1 is 1.50 bits per heavy atom. The standard InChI is InChI=1S/C14H20BrIN2/c1-3-14(2)10-18(8-4-7-17-14)13-6-5-11(16)9-12(13)15/h5-6,9,17H,3-4,7-8,10H2,1-2H3. The Morgan fingerprint density at radius 2 is 2.28 bits per heavy atom. The van der Waals surface area contributed by atoms with Crippen molar-refractivity contribution in [2.24, 2.45) is 0 Å². The molecule has 1 aliphatic heterocycles. The van der Waals surface area contributed by atoms with Crippen molar-refractivity contribution in [2.45, 2.75) is 32.2 Å². The number of nitrogens with zero attached hydrogens (tertiary/aromatic N) is 1. The fourth-order valence-electron chi connectivity index (χ4n) is 2.40. The SMILES string of the molecule is CCC1(C)CN(c2ccc(I)cc2Br)CCCN1. The first-order valence-corrected chi connectivity index (χ1v) is 8.36. The number of hydrogen-bond donors (Lipinski definition) is 1. The molecule has 0 radical (unpaired) electrons. The average Bonchev–Trinajstić information content (AvgIpc) is 2.52. The maximum Gasteiger partial charge on any atom is 0.0512 e. The second-order valence-electron chi connectivity index (χ2n) is 5.21. The first-order valence-electron chi connectivity index (χ1n) is 6.49. The molecule has 0 aliphatic carbocycles. The van der Waals surface area contributed by atoms with Gasteiger partial charge in [-0.2, -0.15) is 0 Å². The van der Waals surface area contributed by atoms with Crippen molar-refractivity contribution in [1.29, 1.82) is 0 Å². The van der Waals surface area contributed by atoms with E-state index in [4.69, 9.17) is 0 Å². The van der Waals surface area contributed by atoms with Crippen molar-refractivity contribution < 1.29 is 0 Å². The Morgan fingerprint density at radius 3 is 2.94 bits per heavy atom. The highest BCUT2D eigenvalue weighted by Crippen LogP contribution is 2.30. The maximum atomic E-state index is 3.70. The molecule has 2 nitrogen and oxygen atoms in total. The quantitative estimate of drug-likeness (QED) is 0.724. The topological polar surface area (TPSA) is 15.3 Å². The molecule has 0 bridgehead atoms. The molecule has 0 spiro atoms. The number of hydrogen-bond acceptors (Lipinski definition) is 2. The van der Waals surface area contributed by atoms with E-state index in [2.05, 4.69) is 80.8 Å². The molecular weight excluding hydrogens is 403 g/mol. The van der Waals surface area contributed by atoms with Gasteiger partial charge in [0.2, 0.25) is 0 Å². The fourth-order valence-corrected chi connectivity index (χ4v) is 3.95. The van der Waals surface area contributed by atoms with Crippen LogP contribution < -0.4 is 10.2 Å². The second-order valence-corrected chi connectivity index (χ2v) is 7.31. The lowest BCUT2D eigenvalue weighted by molar-refractivity contribution is 0.366. The Kier molecular flexibility index (Phi) is 4.94. The summed E-state index contributed by atoms with van der Waals surface area (Å²) in [4.78, 5) is 2.50. The molecule has 4 heteroatoms. The van der Waals surface area contributed by atoms with Gasteiger partial charge < -0.3 is 10.2 Å². The highest BCUT2D eigenvalue weighted by molar-refractivity contribution is 14.1. The number of anilines is 1. The number of nitrogens with one attached hydrogen (secondary N) is 1. The third-order valence-electron chi connectivity index (χ3n) is 3.73. The van der Waals surface area contributed by atoms with Gasteiger partial charge in [-0.05, 0) is 83.0 Å². The summed E-state index contributed by atoms with van der Waals surface area (Å²) in [6.07, 6.45) is 2.36. The van der Waals surface area contributed by atoms with E-state index in [1.165, 1.54) is 20.2 Å². The van der Waals surface area contributed by atoms with Crippen LogP contribution in [-0.2, 0) is 0 Å². The van der Waals surface area contributed by atoms with E-state index in [0.717, 1.165) is 26.1 Å². The molecule has 0 aromatic heterocycles.